The van der Waals surface area contributed by atoms with Crippen molar-refractivity contribution in [2.75, 3.05) is 6.54 Å². The first-order chi connectivity index (χ1) is 9.06. The van der Waals surface area contributed by atoms with Gasteiger partial charge in [0.1, 0.15) is 0 Å². The standard InChI is InChI=1S/C14H17NO4/c16-11(12(17)18)6-9-15-13(19)14(7-8-14)10-4-2-1-3-5-10/h1-5,11,16H,6-9H2,(H,15,19)(H,17,18)/t11-/m0/s1. The molecule has 2 rings (SSSR count). The lowest BCUT2D eigenvalue weighted by molar-refractivity contribution is -0.147. The number of carboxylic acids is 1. The molecule has 0 spiro atoms. The highest BCUT2D eigenvalue weighted by Crippen LogP contribution is 2.48. The third-order valence-corrected chi connectivity index (χ3v) is 3.50. The van der Waals surface area contributed by atoms with E-state index >= 15 is 0 Å². The minimum absolute atomic E-state index is 0.0198. The minimum atomic E-state index is -1.42. The smallest absolute Gasteiger partial charge is 0.332 e. The van der Waals surface area contributed by atoms with Crippen molar-refractivity contribution in [1.29, 1.82) is 0 Å². The summed E-state index contributed by atoms with van der Waals surface area (Å²) >= 11 is 0. The first-order valence-corrected chi connectivity index (χ1v) is 6.31. The van der Waals surface area contributed by atoms with Gasteiger partial charge in [0.15, 0.2) is 6.10 Å². The van der Waals surface area contributed by atoms with Gasteiger partial charge in [0.25, 0.3) is 0 Å². The van der Waals surface area contributed by atoms with Crippen LogP contribution < -0.4 is 5.32 Å². The summed E-state index contributed by atoms with van der Waals surface area (Å²) in [6.07, 6.45) is 0.216. The van der Waals surface area contributed by atoms with Crippen LogP contribution in [0.15, 0.2) is 30.3 Å². The van der Waals surface area contributed by atoms with Crippen LogP contribution in [0.25, 0.3) is 0 Å². The Hall–Kier alpha value is -1.88. The molecule has 19 heavy (non-hydrogen) atoms. The summed E-state index contributed by atoms with van der Waals surface area (Å²) < 4.78 is 0. The Labute approximate surface area is 111 Å². The summed E-state index contributed by atoms with van der Waals surface area (Å²) in [4.78, 5) is 22.6. The van der Waals surface area contributed by atoms with Crippen LogP contribution >= 0.6 is 0 Å². The fourth-order valence-corrected chi connectivity index (χ4v) is 2.14. The molecule has 0 saturated heterocycles. The highest BCUT2D eigenvalue weighted by atomic mass is 16.4. The zero-order chi connectivity index (χ0) is 13.9. The number of carbonyl (C=O) groups is 2. The lowest BCUT2D eigenvalue weighted by Gasteiger charge is -2.16. The van der Waals surface area contributed by atoms with Gasteiger partial charge in [-0.2, -0.15) is 0 Å². The largest absolute Gasteiger partial charge is 0.479 e. The molecule has 0 unspecified atom stereocenters. The van der Waals surface area contributed by atoms with Crippen LogP contribution in [-0.2, 0) is 15.0 Å². The van der Waals surface area contributed by atoms with E-state index in [-0.39, 0.29) is 18.9 Å². The fourth-order valence-electron chi connectivity index (χ4n) is 2.14. The number of carbonyl (C=O) groups excluding carboxylic acids is 1. The number of carboxylic acid groups (broad SMARTS) is 1. The molecule has 1 aliphatic carbocycles. The summed E-state index contributed by atoms with van der Waals surface area (Å²) in [5.41, 5.74) is 0.543. The maximum Gasteiger partial charge on any atom is 0.332 e. The SMILES string of the molecule is O=C(O)[C@@H](O)CCNC(=O)C1(c2ccccc2)CC1. The number of aliphatic carboxylic acids is 1. The van der Waals surface area contributed by atoms with Crippen molar-refractivity contribution in [1.82, 2.24) is 5.32 Å². The van der Waals surface area contributed by atoms with E-state index in [0.717, 1.165) is 18.4 Å². The third-order valence-electron chi connectivity index (χ3n) is 3.50. The van der Waals surface area contributed by atoms with Gasteiger partial charge in [0.2, 0.25) is 5.91 Å². The van der Waals surface area contributed by atoms with Gasteiger partial charge in [-0.05, 0) is 18.4 Å². The molecule has 1 atom stereocenters. The number of benzene rings is 1. The van der Waals surface area contributed by atoms with E-state index in [9.17, 15) is 9.59 Å². The minimum Gasteiger partial charge on any atom is -0.479 e. The van der Waals surface area contributed by atoms with Crippen LogP contribution in [0, 0.1) is 0 Å². The molecule has 102 valence electrons. The number of aliphatic hydroxyl groups is 1. The number of aliphatic hydroxyl groups excluding tert-OH is 1. The van der Waals surface area contributed by atoms with Crippen molar-refractivity contribution in [3.05, 3.63) is 35.9 Å². The van der Waals surface area contributed by atoms with Gasteiger partial charge in [0.05, 0.1) is 5.41 Å². The average molecular weight is 263 g/mol. The van der Waals surface area contributed by atoms with Crippen molar-refractivity contribution in [2.24, 2.45) is 0 Å². The van der Waals surface area contributed by atoms with Crippen LogP contribution in [0.3, 0.4) is 0 Å². The Kier molecular flexibility index (Phi) is 3.85. The molecule has 3 N–H and O–H groups in total. The van der Waals surface area contributed by atoms with Crippen molar-refractivity contribution < 1.29 is 19.8 Å². The van der Waals surface area contributed by atoms with E-state index < -0.39 is 17.5 Å². The summed E-state index contributed by atoms with van der Waals surface area (Å²) in [5, 5.41) is 20.4. The molecule has 1 amide bonds. The van der Waals surface area contributed by atoms with E-state index in [2.05, 4.69) is 5.32 Å². The van der Waals surface area contributed by atoms with Gasteiger partial charge < -0.3 is 15.5 Å². The molecule has 1 aromatic rings. The second-order valence-corrected chi connectivity index (χ2v) is 4.85. The van der Waals surface area contributed by atoms with Crippen molar-refractivity contribution in [3.63, 3.8) is 0 Å². The quantitative estimate of drug-likeness (QED) is 0.704. The first-order valence-electron chi connectivity index (χ1n) is 6.31. The number of rotatable bonds is 6. The fraction of sp³-hybridized carbons (Fsp3) is 0.429. The molecule has 0 radical (unpaired) electrons. The number of hydrogen-bond donors (Lipinski definition) is 3. The van der Waals surface area contributed by atoms with Gasteiger partial charge in [-0.15, -0.1) is 0 Å². The van der Waals surface area contributed by atoms with Crippen molar-refractivity contribution >= 4 is 11.9 Å². The first kappa shape index (κ1) is 13.5. The molecule has 0 aromatic heterocycles. The highest BCUT2D eigenvalue weighted by molar-refractivity contribution is 5.91. The Balaban J connectivity index is 1.89. The van der Waals surface area contributed by atoms with Crippen molar-refractivity contribution in [3.8, 4) is 0 Å². The maximum absolute atomic E-state index is 12.1. The van der Waals surface area contributed by atoms with Crippen LogP contribution in [-0.4, -0.2) is 34.7 Å². The monoisotopic (exact) mass is 263 g/mol. The van der Waals surface area contributed by atoms with Crippen LogP contribution in [0.5, 0.6) is 0 Å². The summed E-state index contributed by atoms with van der Waals surface area (Å²) in [5.74, 6) is -1.35. The van der Waals surface area contributed by atoms with Crippen LogP contribution in [0.1, 0.15) is 24.8 Å². The predicted molar refractivity (Wildman–Crippen MR) is 68.6 cm³/mol. The topological polar surface area (TPSA) is 86.6 Å². The van der Waals surface area contributed by atoms with E-state index in [1.807, 2.05) is 30.3 Å². The van der Waals surface area contributed by atoms with Crippen LogP contribution in [0.2, 0.25) is 0 Å². The van der Waals surface area contributed by atoms with Gasteiger partial charge >= 0.3 is 5.97 Å². The molecule has 5 nitrogen and oxygen atoms in total. The molecule has 5 heteroatoms. The average Bonchev–Trinajstić information content (AvgIpc) is 3.21. The zero-order valence-corrected chi connectivity index (χ0v) is 10.5. The Bertz CT molecular complexity index is 468. The van der Waals surface area contributed by atoms with E-state index in [1.54, 1.807) is 0 Å². The highest BCUT2D eigenvalue weighted by Gasteiger charge is 2.50. The number of nitrogens with one attached hydrogen (secondary N) is 1. The molecule has 1 aliphatic rings. The summed E-state index contributed by atoms with van der Waals surface area (Å²) in [6, 6.07) is 9.56. The summed E-state index contributed by atoms with van der Waals surface area (Å²) in [6.45, 7) is 0.168. The number of amides is 1. The molecule has 0 aliphatic heterocycles. The van der Waals surface area contributed by atoms with Gasteiger partial charge in [-0.3, -0.25) is 4.79 Å². The van der Waals surface area contributed by atoms with E-state index in [0.29, 0.717) is 0 Å². The lowest BCUT2D eigenvalue weighted by Crippen LogP contribution is -2.37. The van der Waals surface area contributed by atoms with Gasteiger partial charge in [-0.1, -0.05) is 30.3 Å². The van der Waals surface area contributed by atoms with Crippen molar-refractivity contribution in [2.45, 2.75) is 30.8 Å². The van der Waals surface area contributed by atoms with Gasteiger partial charge in [0, 0.05) is 13.0 Å². The lowest BCUT2D eigenvalue weighted by atomic mass is 9.95. The summed E-state index contributed by atoms with van der Waals surface area (Å²) in [7, 11) is 0. The molecule has 1 aromatic carbocycles. The molecule has 1 saturated carbocycles. The molecular weight excluding hydrogens is 246 g/mol. The molecule has 1 fully saturated rings. The second-order valence-electron chi connectivity index (χ2n) is 4.85. The van der Waals surface area contributed by atoms with E-state index in [1.165, 1.54) is 0 Å². The third kappa shape index (κ3) is 2.93. The maximum atomic E-state index is 12.1. The Morgan fingerprint density at radius 1 is 1.26 bits per heavy atom. The molecular formula is C14H17NO4. The van der Waals surface area contributed by atoms with Gasteiger partial charge in [-0.25, -0.2) is 4.79 Å². The van der Waals surface area contributed by atoms with E-state index in [4.69, 9.17) is 10.2 Å². The predicted octanol–water partition coefficient (Wildman–Crippen LogP) is 0.670. The zero-order valence-electron chi connectivity index (χ0n) is 10.5. The molecule has 0 bridgehead atoms. The normalized spacial score (nSPS) is 17.5. The Morgan fingerprint density at radius 3 is 2.42 bits per heavy atom. The number of hydrogen-bond acceptors (Lipinski definition) is 3. The van der Waals surface area contributed by atoms with Crippen LogP contribution in [0.4, 0.5) is 0 Å². The molecule has 0 heterocycles. The Morgan fingerprint density at radius 2 is 1.89 bits per heavy atom. The second kappa shape index (κ2) is 5.40.